The van der Waals surface area contributed by atoms with Gasteiger partial charge in [0.15, 0.2) is 5.16 Å². The van der Waals surface area contributed by atoms with Crippen molar-refractivity contribution in [3.63, 3.8) is 0 Å². The number of thioether (sulfide) groups is 1. The molecule has 0 radical (unpaired) electrons. The Morgan fingerprint density at radius 3 is 2.61 bits per heavy atom. The van der Waals surface area contributed by atoms with Gasteiger partial charge in [-0.3, -0.25) is 9.36 Å². The number of nitrogens with zero attached hydrogens (tertiary/aromatic N) is 2. The molecule has 4 nitrogen and oxygen atoms in total. The molecule has 0 N–H and O–H groups in total. The number of ether oxygens (including phenoxy) is 1. The Bertz CT molecular complexity index is 1380. The number of hydrogen-bond donors (Lipinski definition) is 0. The van der Waals surface area contributed by atoms with E-state index < -0.39 is 0 Å². The van der Waals surface area contributed by atoms with Gasteiger partial charge in [0.1, 0.15) is 10.6 Å². The van der Waals surface area contributed by atoms with Gasteiger partial charge in [0.25, 0.3) is 5.56 Å². The second-order valence-electron chi connectivity index (χ2n) is 8.01. The van der Waals surface area contributed by atoms with Crippen molar-refractivity contribution in [1.29, 1.82) is 0 Å². The molecule has 0 unspecified atom stereocenters. The fraction of sp³-hybridized carbons (Fsp3) is 0.280. The minimum atomic E-state index is 0.00112. The third kappa shape index (κ3) is 4.54. The highest BCUT2D eigenvalue weighted by molar-refractivity contribution is 7.98. The van der Waals surface area contributed by atoms with Gasteiger partial charge in [0, 0.05) is 10.6 Å². The van der Waals surface area contributed by atoms with Gasteiger partial charge in [0.2, 0.25) is 0 Å². The molecule has 170 valence electrons. The second-order valence-corrected chi connectivity index (χ2v) is 10.9. The van der Waals surface area contributed by atoms with E-state index in [1.165, 1.54) is 35.0 Å². The van der Waals surface area contributed by atoms with Crippen LogP contribution in [-0.2, 0) is 18.6 Å². The molecule has 1 aliphatic carbocycles. The number of benzene rings is 2. The lowest BCUT2D eigenvalue weighted by atomic mass is 10.1. The lowest BCUT2D eigenvalue weighted by molar-refractivity contribution is 0.414. The zero-order valence-corrected chi connectivity index (χ0v) is 21.2. The van der Waals surface area contributed by atoms with Crippen molar-refractivity contribution in [3.05, 3.63) is 78.9 Å². The molecule has 0 atom stereocenters. The van der Waals surface area contributed by atoms with Crippen LogP contribution in [-0.4, -0.2) is 16.7 Å². The maximum absolute atomic E-state index is 13.9. The van der Waals surface area contributed by atoms with Crippen LogP contribution in [0.5, 0.6) is 5.75 Å². The van der Waals surface area contributed by atoms with Crippen molar-refractivity contribution in [2.75, 3.05) is 7.11 Å². The molecular formula is C25H22Cl2N2O2S2. The van der Waals surface area contributed by atoms with Crippen molar-refractivity contribution in [1.82, 2.24) is 9.55 Å². The van der Waals surface area contributed by atoms with Crippen molar-refractivity contribution in [3.8, 4) is 11.4 Å². The zero-order valence-electron chi connectivity index (χ0n) is 18.1. The van der Waals surface area contributed by atoms with Crippen LogP contribution >= 0.6 is 46.3 Å². The van der Waals surface area contributed by atoms with Gasteiger partial charge >= 0.3 is 0 Å². The molecule has 2 heterocycles. The van der Waals surface area contributed by atoms with Crippen LogP contribution in [0.4, 0.5) is 0 Å². The molecular weight excluding hydrogens is 495 g/mol. The molecule has 0 aliphatic heterocycles. The molecule has 1 aliphatic rings. The van der Waals surface area contributed by atoms with Crippen LogP contribution in [0, 0.1) is 0 Å². The van der Waals surface area contributed by atoms with Crippen LogP contribution in [0.2, 0.25) is 10.0 Å². The van der Waals surface area contributed by atoms with Gasteiger partial charge in [0.05, 0.1) is 28.2 Å². The van der Waals surface area contributed by atoms with Gasteiger partial charge in [-0.15, -0.1) is 11.3 Å². The maximum atomic E-state index is 13.9. The quantitative estimate of drug-likeness (QED) is 0.158. The summed E-state index contributed by atoms with van der Waals surface area (Å²) in [6.45, 7) is 0. The average Bonchev–Trinajstić information content (AvgIpc) is 3.01. The lowest BCUT2D eigenvalue weighted by Crippen LogP contribution is -2.22. The topological polar surface area (TPSA) is 44.1 Å². The van der Waals surface area contributed by atoms with E-state index in [4.69, 9.17) is 32.9 Å². The molecule has 0 spiro atoms. The van der Waals surface area contributed by atoms with E-state index in [0.717, 1.165) is 46.5 Å². The van der Waals surface area contributed by atoms with Gasteiger partial charge in [-0.05, 0) is 73.2 Å². The van der Waals surface area contributed by atoms with E-state index in [9.17, 15) is 4.79 Å². The highest BCUT2D eigenvalue weighted by Crippen LogP contribution is 2.35. The first-order chi connectivity index (χ1) is 16.0. The van der Waals surface area contributed by atoms with Crippen molar-refractivity contribution in [2.45, 2.75) is 43.0 Å². The fourth-order valence-electron chi connectivity index (χ4n) is 4.20. The van der Waals surface area contributed by atoms with E-state index in [-0.39, 0.29) is 5.56 Å². The van der Waals surface area contributed by atoms with Gasteiger partial charge in [-0.25, -0.2) is 4.98 Å². The van der Waals surface area contributed by atoms with Crippen LogP contribution in [0.1, 0.15) is 35.3 Å². The monoisotopic (exact) mass is 516 g/mol. The summed E-state index contributed by atoms with van der Waals surface area (Å²) in [7, 11) is 1.63. The first kappa shape index (κ1) is 22.8. The largest absolute Gasteiger partial charge is 0.497 e. The molecule has 0 saturated heterocycles. The average molecular weight is 518 g/mol. The number of rotatable bonds is 5. The Labute approximate surface area is 210 Å². The standard InChI is InChI=1S/C25H22Cl2N2O2S2/c1-31-17-10-8-16(9-11-17)29-24(30)22-18-5-3-2-4-6-21(18)33-23(22)28-25(29)32-14-15-7-12-19(26)20(27)13-15/h7-13H,2-6,14H2,1H3. The van der Waals surface area contributed by atoms with E-state index >= 15 is 0 Å². The summed E-state index contributed by atoms with van der Waals surface area (Å²) in [6.07, 6.45) is 5.48. The lowest BCUT2D eigenvalue weighted by Gasteiger charge is -2.13. The van der Waals surface area contributed by atoms with Crippen LogP contribution in [0.3, 0.4) is 0 Å². The van der Waals surface area contributed by atoms with Crippen molar-refractivity contribution < 1.29 is 4.74 Å². The summed E-state index contributed by atoms with van der Waals surface area (Å²) >= 11 is 15.5. The first-order valence-corrected chi connectivity index (χ1v) is 13.4. The molecule has 5 rings (SSSR count). The Morgan fingerprint density at radius 1 is 1.06 bits per heavy atom. The SMILES string of the molecule is COc1ccc(-n2c(SCc3ccc(Cl)c(Cl)c3)nc3sc4c(c3c2=O)CCCCC4)cc1. The van der Waals surface area contributed by atoms with Gasteiger partial charge in [-0.2, -0.15) is 0 Å². The minimum absolute atomic E-state index is 0.00112. The van der Waals surface area contributed by atoms with Crippen LogP contribution < -0.4 is 10.3 Å². The molecule has 0 amide bonds. The second kappa shape index (κ2) is 9.71. The normalized spacial score (nSPS) is 13.7. The fourth-order valence-corrected chi connectivity index (χ4v) is 6.78. The summed E-state index contributed by atoms with van der Waals surface area (Å²) in [4.78, 5) is 21.1. The predicted octanol–water partition coefficient (Wildman–Crippen LogP) is 7.32. The number of hydrogen-bond acceptors (Lipinski definition) is 5. The number of aromatic nitrogens is 2. The summed E-state index contributed by atoms with van der Waals surface area (Å²) in [6, 6.07) is 13.1. The third-order valence-corrected chi connectivity index (χ3v) is 8.83. The summed E-state index contributed by atoms with van der Waals surface area (Å²) in [5.41, 5.74) is 3.00. The molecule has 33 heavy (non-hydrogen) atoms. The molecule has 4 aromatic rings. The number of halogens is 2. The van der Waals surface area contributed by atoms with Crippen molar-refractivity contribution >= 4 is 56.5 Å². The van der Waals surface area contributed by atoms with E-state index in [2.05, 4.69) is 0 Å². The molecule has 0 bridgehead atoms. The predicted molar refractivity (Wildman–Crippen MR) is 139 cm³/mol. The third-order valence-electron chi connectivity index (χ3n) is 5.89. The number of thiophene rings is 1. The first-order valence-electron chi connectivity index (χ1n) is 10.8. The highest BCUT2D eigenvalue weighted by Gasteiger charge is 2.22. The highest BCUT2D eigenvalue weighted by atomic mass is 35.5. The number of aryl methyl sites for hydroxylation is 2. The Morgan fingerprint density at radius 2 is 1.85 bits per heavy atom. The molecule has 2 aromatic heterocycles. The van der Waals surface area contributed by atoms with Gasteiger partial charge in [-0.1, -0.05) is 47.5 Å². The Hall–Kier alpha value is -1.99. The molecule has 8 heteroatoms. The number of fused-ring (bicyclic) bond motifs is 3. The minimum Gasteiger partial charge on any atom is -0.497 e. The maximum Gasteiger partial charge on any atom is 0.267 e. The molecule has 2 aromatic carbocycles. The van der Waals surface area contributed by atoms with Crippen LogP contribution in [0.25, 0.3) is 15.9 Å². The zero-order chi connectivity index (χ0) is 22.9. The van der Waals surface area contributed by atoms with E-state index in [1.54, 1.807) is 29.1 Å². The van der Waals surface area contributed by atoms with Crippen molar-refractivity contribution in [2.24, 2.45) is 0 Å². The Kier molecular flexibility index (Phi) is 6.70. The van der Waals surface area contributed by atoms with E-state index in [1.807, 2.05) is 36.4 Å². The van der Waals surface area contributed by atoms with Gasteiger partial charge < -0.3 is 4.74 Å². The summed E-state index contributed by atoms with van der Waals surface area (Å²) in [5, 5.41) is 2.50. The number of methoxy groups -OCH3 is 1. The molecule has 0 fully saturated rings. The smallest absolute Gasteiger partial charge is 0.267 e. The van der Waals surface area contributed by atoms with E-state index in [0.29, 0.717) is 21.0 Å². The molecule has 0 saturated carbocycles. The van der Waals surface area contributed by atoms with Crippen LogP contribution in [0.15, 0.2) is 52.4 Å². The summed E-state index contributed by atoms with van der Waals surface area (Å²) < 4.78 is 7.05. The Balaban J connectivity index is 1.63. The summed E-state index contributed by atoms with van der Waals surface area (Å²) in [5.74, 6) is 1.37.